The summed E-state index contributed by atoms with van der Waals surface area (Å²) in [7, 11) is 0. The van der Waals surface area contributed by atoms with Crippen molar-refractivity contribution in [1.29, 1.82) is 0 Å². The van der Waals surface area contributed by atoms with Gasteiger partial charge in [-0.05, 0) is 55.6 Å². The van der Waals surface area contributed by atoms with Crippen LogP contribution in [0.3, 0.4) is 0 Å². The van der Waals surface area contributed by atoms with Crippen molar-refractivity contribution in [3.8, 4) is 0 Å². The van der Waals surface area contributed by atoms with Gasteiger partial charge in [-0.2, -0.15) is 0 Å². The summed E-state index contributed by atoms with van der Waals surface area (Å²) >= 11 is 0. The molecule has 3 heteroatoms. The van der Waals surface area contributed by atoms with E-state index in [-0.39, 0.29) is 11.7 Å². The van der Waals surface area contributed by atoms with Crippen LogP contribution in [0.25, 0.3) is 0 Å². The summed E-state index contributed by atoms with van der Waals surface area (Å²) in [5, 5.41) is 0. The molecule has 110 valence electrons. The molecule has 0 aromatic carbocycles. The quantitative estimate of drug-likeness (QED) is 0.829. The summed E-state index contributed by atoms with van der Waals surface area (Å²) in [6.07, 6.45) is 5.90. The number of aryl methyl sites for hydroxylation is 1. The molecule has 0 aliphatic heterocycles. The molecule has 1 saturated carbocycles. The molecule has 0 unspecified atom stereocenters. The maximum absolute atomic E-state index is 12.7. The van der Waals surface area contributed by atoms with Crippen LogP contribution in [0.4, 0.5) is 5.82 Å². The maximum atomic E-state index is 12.7. The van der Waals surface area contributed by atoms with E-state index in [0.29, 0.717) is 16.8 Å². The highest BCUT2D eigenvalue weighted by Gasteiger charge is 2.33. The summed E-state index contributed by atoms with van der Waals surface area (Å²) in [5.41, 5.74) is 7.83. The molecule has 0 atom stereocenters. The zero-order valence-electron chi connectivity index (χ0n) is 13.1. The van der Waals surface area contributed by atoms with Crippen LogP contribution in [0, 0.1) is 24.2 Å². The largest absolute Gasteiger partial charge is 0.383 e. The second-order valence-corrected chi connectivity index (χ2v) is 7.17. The third-order valence-electron chi connectivity index (χ3n) is 4.76. The van der Waals surface area contributed by atoms with Crippen molar-refractivity contribution < 1.29 is 4.79 Å². The highest BCUT2D eigenvalue weighted by atomic mass is 16.1. The molecule has 0 amide bonds. The second-order valence-electron chi connectivity index (χ2n) is 7.17. The zero-order valence-corrected chi connectivity index (χ0v) is 13.1. The molecule has 1 aromatic rings. The maximum Gasteiger partial charge on any atom is 0.169 e. The van der Waals surface area contributed by atoms with Gasteiger partial charge in [0.2, 0.25) is 0 Å². The van der Waals surface area contributed by atoms with Gasteiger partial charge in [-0.15, -0.1) is 0 Å². The third kappa shape index (κ3) is 3.02. The molecule has 1 heterocycles. The van der Waals surface area contributed by atoms with Crippen LogP contribution in [0.1, 0.15) is 62.4 Å². The third-order valence-corrected chi connectivity index (χ3v) is 4.76. The van der Waals surface area contributed by atoms with Crippen LogP contribution in [-0.2, 0) is 0 Å². The fourth-order valence-corrected chi connectivity index (χ4v) is 3.33. The van der Waals surface area contributed by atoms with E-state index in [9.17, 15) is 4.79 Å². The van der Waals surface area contributed by atoms with Crippen molar-refractivity contribution in [2.45, 2.75) is 53.4 Å². The number of nitrogens with zero attached hydrogens (tertiary/aromatic N) is 1. The molecule has 2 N–H and O–H groups in total. The van der Waals surface area contributed by atoms with Crippen molar-refractivity contribution in [3.63, 3.8) is 0 Å². The summed E-state index contributed by atoms with van der Waals surface area (Å²) in [5.74, 6) is 1.42. The van der Waals surface area contributed by atoms with Gasteiger partial charge in [-0.1, -0.05) is 20.8 Å². The van der Waals surface area contributed by atoms with E-state index >= 15 is 0 Å². The molecule has 20 heavy (non-hydrogen) atoms. The first-order valence-electron chi connectivity index (χ1n) is 7.56. The van der Waals surface area contributed by atoms with E-state index in [1.165, 1.54) is 0 Å². The van der Waals surface area contributed by atoms with Crippen molar-refractivity contribution in [2.24, 2.45) is 17.3 Å². The lowest BCUT2D eigenvalue weighted by Gasteiger charge is -2.36. The standard InChI is InChI=1S/C17H26N2O/c1-11-9-10-19-16(18)14(11)15(20)12-5-7-13(8-6-12)17(2,3)4/h9-10,12-13H,5-8H2,1-4H3,(H2,18,19). The Balaban J connectivity index is 2.09. The minimum atomic E-state index is 0.124. The van der Waals surface area contributed by atoms with Gasteiger partial charge in [-0.25, -0.2) is 4.98 Å². The molecule has 0 bridgehead atoms. The van der Waals surface area contributed by atoms with E-state index in [1.54, 1.807) is 6.20 Å². The molecule has 0 saturated heterocycles. The number of ketones is 1. The smallest absolute Gasteiger partial charge is 0.169 e. The molecular weight excluding hydrogens is 248 g/mol. The minimum Gasteiger partial charge on any atom is -0.383 e. The Morgan fingerprint density at radius 3 is 2.35 bits per heavy atom. The fraction of sp³-hybridized carbons (Fsp3) is 0.647. The van der Waals surface area contributed by atoms with E-state index in [4.69, 9.17) is 5.73 Å². The van der Waals surface area contributed by atoms with E-state index in [2.05, 4.69) is 25.8 Å². The number of carbonyl (C=O) groups is 1. The Hall–Kier alpha value is -1.38. The Labute approximate surface area is 122 Å². The van der Waals surface area contributed by atoms with Crippen LogP contribution in [0.5, 0.6) is 0 Å². The van der Waals surface area contributed by atoms with Gasteiger partial charge >= 0.3 is 0 Å². The molecule has 2 rings (SSSR count). The van der Waals surface area contributed by atoms with Crippen molar-refractivity contribution in [3.05, 3.63) is 23.4 Å². The summed E-state index contributed by atoms with van der Waals surface area (Å²) in [6, 6.07) is 1.87. The number of rotatable bonds is 2. The van der Waals surface area contributed by atoms with Crippen LogP contribution < -0.4 is 5.73 Å². The topological polar surface area (TPSA) is 56.0 Å². The first-order chi connectivity index (χ1) is 9.30. The number of pyridine rings is 1. The second kappa shape index (κ2) is 5.55. The lowest BCUT2D eigenvalue weighted by molar-refractivity contribution is 0.0819. The van der Waals surface area contributed by atoms with Gasteiger partial charge in [0.05, 0.1) is 5.56 Å². The Kier molecular flexibility index (Phi) is 4.17. The number of aromatic nitrogens is 1. The highest BCUT2D eigenvalue weighted by molar-refractivity contribution is 6.02. The average molecular weight is 274 g/mol. The number of carbonyl (C=O) groups excluding carboxylic acids is 1. The fourth-order valence-electron chi connectivity index (χ4n) is 3.33. The van der Waals surface area contributed by atoms with Crippen molar-refractivity contribution in [1.82, 2.24) is 4.98 Å². The molecule has 0 spiro atoms. The molecule has 0 radical (unpaired) electrons. The van der Waals surface area contributed by atoms with Crippen LogP contribution in [-0.4, -0.2) is 10.8 Å². The van der Waals surface area contributed by atoms with Gasteiger partial charge in [-0.3, -0.25) is 4.79 Å². The first kappa shape index (κ1) is 15.0. The number of hydrogen-bond acceptors (Lipinski definition) is 3. The van der Waals surface area contributed by atoms with Crippen LogP contribution >= 0.6 is 0 Å². The first-order valence-corrected chi connectivity index (χ1v) is 7.56. The Morgan fingerprint density at radius 2 is 1.85 bits per heavy atom. The van der Waals surface area contributed by atoms with E-state index < -0.39 is 0 Å². The minimum absolute atomic E-state index is 0.124. The molecule has 3 nitrogen and oxygen atoms in total. The number of nitrogen functional groups attached to an aromatic ring is 1. The monoisotopic (exact) mass is 274 g/mol. The number of anilines is 1. The normalized spacial score (nSPS) is 23.6. The average Bonchev–Trinajstić information content (AvgIpc) is 2.37. The molecule has 1 aromatic heterocycles. The molecule has 1 aliphatic rings. The predicted octanol–water partition coefficient (Wildman–Crippen LogP) is 4.01. The van der Waals surface area contributed by atoms with Gasteiger partial charge in [0.25, 0.3) is 0 Å². The van der Waals surface area contributed by atoms with Gasteiger partial charge in [0.1, 0.15) is 5.82 Å². The summed E-state index contributed by atoms with van der Waals surface area (Å²) < 4.78 is 0. The Morgan fingerprint density at radius 1 is 1.25 bits per heavy atom. The van der Waals surface area contributed by atoms with E-state index in [0.717, 1.165) is 37.2 Å². The van der Waals surface area contributed by atoms with Gasteiger partial charge < -0.3 is 5.73 Å². The van der Waals surface area contributed by atoms with Crippen molar-refractivity contribution in [2.75, 3.05) is 5.73 Å². The SMILES string of the molecule is Cc1ccnc(N)c1C(=O)C1CCC(C(C)(C)C)CC1. The summed E-state index contributed by atoms with van der Waals surface area (Å²) in [4.78, 5) is 16.7. The van der Waals surface area contributed by atoms with Crippen LogP contribution in [0.15, 0.2) is 12.3 Å². The molecule has 1 fully saturated rings. The Bertz CT molecular complexity index is 474. The number of Topliss-reactive ketones (excluding diaryl/α,β-unsaturated/α-hetero) is 1. The predicted molar refractivity (Wildman–Crippen MR) is 82.6 cm³/mol. The lowest BCUT2D eigenvalue weighted by atomic mass is 9.68. The highest BCUT2D eigenvalue weighted by Crippen LogP contribution is 2.41. The number of hydrogen-bond donors (Lipinski definition) is 1. The van der Waals surface area contributed by atoms with Gasteiger partial charge in [0.15, 0.2) is 5.78 Å². The van der Waals surface area contributed by atoms with Crippen LogP contribution in [0.2, 0.25) is 0 Å². The summed E-state index contributed by atoms with van der Waals surface area (Å²) in [6.45, 7) is 8.82. The molecular formula is C17H26N2O. The van der Waals surface area contributed by atoms with E-state index in [1.807, 2.05) is 13.0 Å². The molecule has 1 aliphatic carbocycles. The van der Waals surface area contributed by atoms with Gasteiger partial charge in [0, 0.05) is 12.1 Å². The number of nitrogens with two attached hydrogens (primary N) is 1. The lowest BCUT2D eigenvalue weighted by Crippen LogP contribution is -2.29. The van der Waals surface area contributed by atoms with Crippen molar-refractivity contribution >= 4 is 11.6 Å². The zero-order chi connectivity index (χ0) is 14.9.